The molecule has 0 N–H and O–H groups in total. The Morgan fingerprint density at radius 1 is 0.917 bits per heavy atom. The van der Waals surface area contributed by atoms with Gasteiger partial charge < -0.3 is 9.80 Å². The van der Waals surface area contributed by atoms with E-state index < -0.39 is 0 Å². The molecule has 0 atom stereocenters. The Labute approximate surface area is 147 Å². The number of piperidine rings is 1. The van der Waals surface area contributed by atoms with Crippen LogP contribution in [0.4, 0.5) is 5.69 Å². The Balaban J connectivity index is 1.47. The third-order valence-corrected chi connectivity index (χ3v) is 5.39. The molecule has 24 heavy (non-hydrogen) atoms. The van der Waals surface area contributed by atoms with Crippen LogP contribution in [0.5, 0.6) is 0 Å². The van der Waals surface area contributed by atoms with Crippen LogP contribution in [0.15, 0.2) is 54.6 Å². The van der Waals surface area contributed by atoms with E-state index in [0.29, 0.717) is 0 Å². The summed E-state index contributed by atoms with van der Waals surface area (Å²) in [6.45, 7) is 5.71. The van der Waals surface area contributed by atoms with Crippen LogP contribution in [0.25, 0.3) is 0 Å². The van der Waals surface area contributed by atoms with E-state index in [9.17, 15) is 0 Å². The summed E-state index contributed by atoms with van der Waals surface area (Å²) in [6, 6.07) is 20.7. The molecular weight excluding hydrogens is 292 g/mol. The summed E-state index contributed by atoms with van der Waals surface area (Å²) in [5.41, 5.74) is 4.25. The van der Waals surface area contributed by atoms with Gasteiger partial charge in [-0.25, -0.2) is 0 Å². The number of hydrogen-bond acceptors (Lipinski definition) is 2. The first-order valence-corrected chi connectivity index (χ1v) is 9.34. The molecule has 0 saturated carbocycles. The van der Waals surface area contributed by atoms with Gasteiger partial charge in [-0.05, 0) is 56.0 Å². The van der Waals surface area contributed by atoms with Crippen molar-refractivity contribution < 1.29 is 0 Å². The smallest absolute Gasteiger partial charge is 0.0366 e. The fraction of sp³-hybridized carbons (Fsp3) is 0.455. The molecule has 2 heteroatoms. The highest BCUT2D eigenvalue weighted by Gasteiger charge is 2.22. The average molecular weight is 322 g/mol. The van der Waals surface area contributed by atoms with E-state index in [1.807, 2.05) is 0 Å². The third-order valence-electron chi connectivity index (χ3n) is 5.39. The van der Waals surface area contributed by atoms with Gasteiger partial charge in [0, 0.05) is 31.4 Å². The first-order chi connectivity index (χ1) is 11.8. The van der Waals surface area contributed by atoms with Gasteiger partial charge in [-0.15, -0.1) is 0 Å². The van der Waals surface area contributed by atoms with Crippen molar-refractivity contribution in [3.8, 4) is 0 Å². The van der Waals surface area contributed by atoms with E-state index in [0.717, 1.165) is 25.4 Å². The largest absolute Gasteiger partial charge is 0.371 e. The molecular formula is C22H30N2. The van der Waals surface area contributed by atoms with Gasteiger partial charge in [0.25, 0.3) is 0 Å². The van der Waals surface area contributed by atoms with Gasteiger partial charge in [-0.2, -0.15) is 0 Å². The number of rotatable bonds is 6. The molecule has 0 unspecified atom stereocenters. The van der Waals surface area contributed by atoms with Crippen molar-refractivity contribution in [2.75, 3.05) is 31.6 Å². The third kappa shape index (κ3) is 4.39. The highest BCUT2D eigenvalue weighted by atomic mass is 15.2. The number of hydrogen-bond donors (Lipinski definition) is 0. The summed E-state index contributed by atoms with van der Waals surface area (Å²) < 4.78 is 0. The maximum atomic E-state index is 2.56. The van der Waals surface area contributed by atoms with Crippen molar-refractivity contribution in [2.45, 2.75) is 38.6 Å². The van der Waals surface area contributed by atoms with Crippen LogP contribution in [-0.4, -0.2) is 37.6 Å². The van der Waals surface area contributed by atoms with Gasteiger partial charge >= 0.3 is 0 Å². The number of aryl methyl sites for hydroxylation is 1. The molecule has 0 spiro atoms. The number of anilines is 1. The molecule has 0 aliphatic carbocycles. The van der Waals surface area contributed by atoms with E-state index in [1.54, 1.807) is 0 Å². The molecule has 0 aromatic heterocycles. The Morgan fingerprint density at radius 3 is 2.21 bits per heavy atom. The minimum atomic E-state index is 0.722. The van der Waals surface area contributed by atoms with Gasteiger partial charge in [-0.1, -0.05) is 49.4 Å². The van der Waals surface area contributed by atoms with Crippen LogP contribution in [0.2, 0.25) is 0 Å². The molecule has 2 nitrogen and oxygen atoms in total. The van der Waals surface area contributed by atoms with E-state index in [4.69, 9.17) is 0 Å². The topological polar surface area (TPSA) is 6.48 Å². The molecule has 1 fully saturated rings. The van der Waals surface area contributed by atoms with Crippen molar-refractivity contribution in [3.05, 3.63) is 65.7 Å². The predicted molar refractivity (Wildman–Crippen MR) is 104 cm³/mol. The van der Waals surface area contributed by atoms with Gasteiger partial charge in [0.05, 0.1) is 0 Å². The van der Waals surface area contributed by atoms with Crippen molar-refractivity contribution in [3.63, 3.8) is 0 Å². The van der Waals surface area contributed by atoms with E-state index in [-0.39, 0.29) is 0 Å². The standard InChI is InChI=1S/C22H30N2/c1-3-19-9-11-22(12-10-19)24-17-14-21(15-18-24)23(2)16-13-20-7-5-4-6-8-20/h4-12,21H,3,13-18H2,1-2H3. The second-order valence-corrected chi connectivity index (χ2v) is 6.95. The van der Waals surface area contributed by atoms with Crippen LogP contribution in [0.3, 0.4) is 0 Å². The molecule has 1 aliphatic rings. The molecule has 3 rings (SSSR count). The average Bonchev–Trinajstić information content (AvgIpc) is 2.67. The van der Waals surface area contributed by atoms with E-state index in [2.05, 4.69) is 78.4 Å². The fourth-order valence-electron chi connectivity index (χ4n) is 3.64. The normalized spacial score (nSPS) is 15.9. The first kappa shape index (κ1) is 17.0. The Kier molecular flexibility index (Phi) is 5.92. The summed E-state index contributed by atoms with van der Waals surface area (Å²) in [6.07, 6.45) is 4.80. The molecule has 2 aromatic rings. The highest BCUT2D eigenvalue weighted by molar-refractivity contribution is 5.48. The lowest BCUT2D eigenvalue weighted by atomic mass is 10.0. The zero-order valence-corrected chi connectivity index (χ0v) is 15.1. The van der Waals surface area contributed by atoms with Gasteiger partial charge in [0.2, 0.25) is 0 Å². The Bertz CT molecular complexity index is 598. The lowest BCUT2D eigenvalue weighted by Gasteiger charge is -2.38. The molecule has 2 aromatic carbocycles. The Morgan fingerprint density at radius 2 is 1.58 bits per heavy atom. The summed E-state index contributed by atoms with van der Waals surface area (Å²) in [5, 5.41) is 0. The number of likely N-dealkylation sites (N-methyl/N-ethyl adjacent to an activating group) is 1. The van der Waals surface area contributed by atoms with Crippen molar-refractivity contribution in [2.24, 2.45) is 0 Å². The zero-order valence-electron chi connectivity index (χ0n) is 15.1. The lowest BCUT2D eigenvalue weighted by molar-refractivity contribution is 0.210. The van der Waals surface area contributed by atoms with Gasteiger partial charge in [0.1, 0.15) is 0 Å². The quantitative estimate of drug-likeness (QED) is 0.778. The van der Waals surface area contributed by atoms with Crippen LogP contribution in [0.1, 0.15) is 30.9 Å². The van der Waals surface area contributed by atoms with Gasteiger partial charge in [0.15, 0.2) is 0 Å². The summed E-state index contributed by atoms with van der Waals surface area (Å²) in [7, 11) is 2.29. The number of nitrogens with zero attached hydrogens (tertiary/aromatic N) is 2. The molecule has 0 radical (unpaired) electrons. The SMILES string of the molecule is CCc1ccc(N2CCC(N(C)CCc3ccccc3)CC2)cc1. The van der Waals surface area contributed by atoms with Crippen molar-refractivity contribution >= 4 is 5.69 Å². The predicted octanol–water partition coefficient (Wildman–Crippen LogP) is 4.39. The second-order valence-electron chi connectivity index (χ2n) is 6.95. The van der Waals surface area contributed by atoms with E-state index >= 15 is 0 Å². The van der Waals surface area contributed by atoms with Crippen molar-refractivity contribution in [1.82, 2.24) is 4.90 Å². The minimum absolute atomic E-state index is 0.722. The van der Waals surface area contributed by atoms with E-state index in [1.165, 1.54) is 42.7 Å². The lowest BCUT2D eigenvalue weighted by Crippen LogP contribution is -2.44. The molecule has 1 saturated heterocycles. The van der Waals surface area contributed by atoms with Crippen LogP contribution in [0, 0.1) is 0 Å². The fourth-order valence-corrected chi connectivity index (χ4v) is 3.64. The summed E-state index contributed by atoms with van der Waals surface area (Å²) in [4.78, 5) is 5.10. The molecule has 0 bridgehead atoms. The van der Waals surface area contributed by atoms with Crippen LogP contribution < -0.4 is 4.90 Å². The monoisotopic (exact) mass is 322 g/mol. The number of benzene rings is 2. The zero-order chi connectivity index (χ0) is 16.8. The Hall–Kier alpha value is -1.80. The molecule has 1 aliphatic heterocycles. The summed E-state index contributed by atoms with van der Waals surface area (Å²) in [5.74, 6) is 0. The van der Waals surface area contributed by atoms with Crippen LogP contribution >= 0.6 is 0 Å². The highest BCUT2D eigenvalue weighted by Crippen LogP contribution is 2.23. The second kappa shape index (κ2) is 8.34. The molecule has 1 heterocycles. The van der Waals surface area contributed by atoms with Crippen LogP contribution in [-0.2, 0) is 12.8 Å². The maximum absolute atomic E-state index is 2.56. The maximum Gasteiger partial charge on any atom is 0.0366 e. The first-order valence-electron chi connectivity index (χ1n) is 9.34. The van der Waals surface area contributed by atoms with Gasteiger partial charge in [-0.3, -0.25) is 0 Å². The molecule has 0 amide bonds. The summed E-state index contributed by atoms with van der Waals surface area (Å²) >= 11 is 0. The van der Waals surface area contributed by atoms with Crippen molar-refractivity contribution in [1.29, 1.82) is 0 Å². The minimum Gasteiger partial charge on any atom is -0.371 e. The molecule has 128 valence electrons.